The molecule has 0 aliphatic carbocycles. The fraction of sp³-hybridized carbons (Fsp3) is 0.385. The van der Waals surface area contributed by atoms with Gasteiger partial charge in [0.05, 0.1) is 0 Å². The van der Waals surface area contributed by atoms with Crippen LogP contribution in [0.25, 0.3) is 0 Å². The van der Waals surface area contributed by atoms with Crippen molar-refractivity contribution in [1.82, 2.24) is 0 Å². The highest BCUT2D eigenvalue weighted by molar-refractivity contribution is 5.80. The number of carboxylic acids is 1. The number of hydrogen-bond acceptors (Lipinski definition) is 4. The van der Waals surface area contributed by atoms with Crippen LogP contribution in [0.4, 0.5) is 18.0 Å². The Labute approximate surface area is 118 Å². The van der Waals surface area contributed by atoms with E-state index in [0.717, 1.165) is 6.92 Å². The van der Waals surface area contributed by atoms with Crippen molar-refractivity contribution in [2.24, 2.45) is 0 Å². The summed E-state index contributed by atoms with van der Waals surface area (Å²) in [6.45, 7) is -0.760. The molecule has 8 heteroatoms. The summed E-state index contributed by atoms with van der Waals surface area (Å²) in [6, 6.07) is 8.22. The van der Waals surface area contributed by atoms with Gasteiger partial charge in [0, 0.05) is 6.42 Å². The first-order valence-electron chi connectivity index (χ1n) is 5.82. The molecule has 5 nitrogen and oxygen atoms in total. The van der Waals surface area contributed by atoms with Crippen molar-refractivity contribution in [3.63, 3.8) is 0 Å². The zero-order valence-corrected chi connectivity index (χ0v) is 11.0. The third-order valence-corrected chi connectivity index (χ3v) is 2.50. The number of ether oxygens (including phenoxy) is 2. The largest absolute Gasteiger partial charge is 0.509 e. The highest BCUT2D eigenvalue weighted by Gasteiger charge is 2.39. The van der Waals surface area contributed by atoms with E-state index in [2.05, 4.69) is 9.47 Å². The van der Waals surface area contributed by atoms with Crippen molar-refractivity contribution in [2.75, 3.05) is 6.61 Å². The van der Waals surface area contributed by atoms with Gasteiger partial charge in [-0.3, -0.25) is 0 Å². The third-order valence-electron chi connectivity index (χ3n) is 2.50. The fourth-order valence-corrected chi connectivity index (χ4v) is 1.49. The topological polar surface area (TPSA) is 72.8 Å². The summed E-state index contributed by atoms with van der Waals surface area (Å²) < 4.78 is 44.1. The second-order valence-electron chi connectivity index (χ2n) is 4.45. The van der Waals surface area contributed by atoms with Gasteiger partial charge >= 0.3 is 18.3 Å². The molecule has 0 heterocycles. The second kappa shape index (κ2) is 6.47. The van der Waals surface area contributed by atoms with Crippen LogP contribution in [0.2, 0.25) is 0 Å². The Kier molecular flexibility index (Phi) is 5.17. The van der Waals surface area contributed by atoms with Crippen LogP contribution >= 0.6 is 0 Å². The molecule has 0 saturated carbocycles. The molecule has 1 rings (SSSR count). The van der Waals surface area contributed by atoms with E-state index in [4.69, 9.17) is 5.11 Å². The van der Waals surface area contributed by atoms with E-state index in [0.29, 0.717) is 5.56 Å². The van der Waals surface area contributed by atoms with Gasteiger partial charge in [0.15, 0.2) is 6.61 Å². The summed E-state index contributed by atoms with van der Waals surface area (Å²) >= 11 is 0. The van der Waals surface area contributed by atoms with Gasteiger partial charge in [0.25, 0.3) is 0 Å². The minimum atomic E-state index is -4.71. The normalized spacial score (nSPS) is 14.1. The molecule has 1 unspecified atom stereocenters. The Morgan fingerprint density at radius 2 is 1.76 bits per heavy atom. The van der Waals surface area contributed by atoms with E-state index < -0.39 is 30.5 Å². The second-order valence-corrected chi connectivity index (χ2v) is 4.45. The highest BCUT2D eigenvalue weighted by Crippen LogP contribution is 2.20. The van der Waals surface area contributed by atoms with E-state index in [1.807, 2.05) is 0 Å². The molecule has 0 fully saturated rings. The number of rotatable bonds is 5. The molecule has 0 saturated heterocycles. The Bertz CT molecular complexity index is 500. The first-order chi connectivity index (χ1) is 9.62. The van der Waals surface area contributed by atoms with E-state index in [1.165, 1.54) is 0 Å². The Morgan fingerprint density at radius 1 is 1.19 bits per heavy atom. The quantitative estimate of drug-likeness (QED) is 0.847. The molecule has 21 heavy (non-hydrogen) atoms. The smallest absolute Gasteiger partial charge is 0.478 e. The monoisotopic (exact) mass is 306 g/mol. The number of carboxylic acid groups (broad SMARTS) is 1. The number of benzene rings is 1. The van der Waals surface area contributed by atoms with Crippen molar-refractivity contribution in [3.8, 4) is 0 Å². The van der Waals surface area contributed by atoms with Gasteiger partial charge in [-0.2, -0.15) is 13.2 Å². The van der Waals surface area contributed by atoms with Gasteiger partial charge in [0.2, 0.25) is 5.60 Å². The summed E-state index contributed by atoms with van der Waals surface area (Å²) in [5.41, 5.74) is -1.48. The molecule has 0 radical (unpaired) electrons. The van der Waals surface area contributed by atoms with Crippen LogP contribution in [-0.2, 0) is 20.7 Å². The third kappa shape index (κ3) is 5.72. The van der Waals surface area contributed by atoms with Crippen molar-refractivity contribution in [2.45, 2.75) is 25.1 Å². The van der Waals surface area contributed by atoms with Gasteiger partial charge in [-0.15, -0.1) is 0 Å². The predicted octanol–water partition coefficient (Wildman–Crippen LogP) is 2.79. The number of alkyl halides is 3. The van der Waals surface area contributed by atoms with E-state index in [1.54, 1.807) is 30.3 Å². The van der Waals surface area contributed by atoms with Gasteiger partial charge in [0.1, 0.15) is 0 Å². The maximum Gasteiger partial charge on any atom is 0.509 e. The van der Waals surface area contributed by atoms with Crippen LogP contribution in [0, 0.1) is 0 Å². The van der Waals surface area contributed by atoms with E-state index >= 15 is 0 Å². The predicted molar refractivity (Wildman–Crippen MR) is 64.7 cm³/mol. The molecular weight excluding hydrogens is 293 g/mol. The molecule has 0 aromatic heterocycles. The molecule has 0 amide bonds. The van der Waals surface area contributed by atoms with Crippen LogP contribution in [0.1, 0.15) is 12.5 Å². The van der Waals surface area contributed by atoms with E-state index in [9.17, 15) is 22.8 Å². The molecule has 116 valence electrons. The molecule has 0 spiro atoms. The first-order valence-corrected chi connectivity index (χ1v) is 5.82. The molecule has 1 aromatic rings. The standard InChI is InChI=1S/C13H13F3O5/c1-12(10(17)18,7-9-5-3-2-4-6-9)21-11(19)20-8-13(14,15)16/h2-6H,7-8H2,1H3,(H,17,18). The molecule has 1 aromatic carbocycles. The van der Waals surface area contributed by atoms with Crippen LogP contribution in [0.15, 0.2) is 30.3 Å². The molecular formula is C13H13F3O5. The molecule has 0 aliphatic heterocycles. The summed E-state index contributed by atoms with van der Waals surface area (Å²) in [7, 11) is 0. The zero-order chi connectivity index (χ0) is 16.1. The van der Waals surface area contributed by atoms with E-state index in [-0.39, 0.29) is 6.42 Å². The number of carbonyl (C=O) groups is 2. The fourth-order valence-electron chi connectivity index (χ4n) is 1.49. The average Bonchev–Trinajstić information content (AvgIpc) is 2.36. The minimum Gasteiger partial charge on any atom is -0.478 e. The molecule has 1 N–H and O–H groups in total. The molecule has 0 bridgehead atoms. The number of carbonyl (C=O) groups excluding carboxylic acids is 1. The molecule has 1 atom stereocenters. The summed E-state index contributed by atoms with van der Waals surface area (Å²) in [4.78, 5) is 22.4. The average molecular weight is 306 g/mol. The van der Waals surface area contributed by atoms with Crippen molar-refractivity contribution in [3.05, 3.63) is 35.9 Å². The number of aliphatic carboxylic acids is 1. The Balaban J connectivity index is 2.72. The maximum absolute atomic E-state index is 11.9. The summed E-state index contributed by atoms with van der Waals surface area (Å²) in [5.74, 6) is -1.49. The summed E-state index contributed by atoms with van der Waals surface area (Å²) in [5, 5.41) is 9.12. The van der Waals surface area contributed by atoms with Crippen LogP contribution in [0.5, 0.6) is 0 Å². The van der Waals surface area contributed by atoms with Crippen LogP contribution in [0.3, 0.4) is 0 Å². The molecule has 0 aliphatic rings. The van der Waals surface area contributed by atoms with Crippen LogP contribution in [-0.4, -0.2) is 35.6 Å². The first kappa shape index (κ1) is 16.8. The Morgan fingerprint density at radius 3 is 2.24 bits per heavy atom. The van der Waals surface area contributed by atoms with Gasteiger partial charge in [-0.25, -0.2) is 9.59 Å². The number of halogens is 3. The highest BCUT2D eigenvalue weighted by atomic mass is 19.4. The SMILES string of the molecule is CC(Cc1ccccc1)(OC(=O)OCC(F)(F)F)C(=O)O. The lowest BCUT2D eigenvalue weighted by Crippen LogP contribution is -2.43. The Hall–Kier alpha value is -2.25. The lowest BCUT2D eigenvalue weighted by atomic mass is 9.96. The lowest BCUT2D eigenvalue weighted by Gasteiger charge is -2.24. The van der Waals surface area contributed by atoms with Crippen molar-refractivity contribution >= 4 is 12.1 Å². The van der Waals surface area contributed by atoms with Crippen molar-refractivity contribution in [1.29, 1.82) is 0 Å². The van der Waals surface area contributed by atoms with Gasteiger partial charge in [-0.1, -0.05) is 30.3 Å². The lowest BCUT2D eigenvalue weighted by molar-refractivity contribution is -0.175. The number of hydrogen-bond donors (Lipinski definition) is 1. The zero-order valence-electron chi connectivity index (χ0n) is 11.0. The van der Waals surface area contributed by atoms with Gasteiger partial charge in [-0.05, 0) is 12.5 Å². The van der Waals surface area contributed by atoms with Gasteiger partial charge < -0.3 is 14.6 Å². The van der Waals surface area contributed by atoms with Crippen molar-refractivity contribution < 1.29 is 37.3 Å². The van der Waals surface area contributed by atoms with Crippen LogP contribution < -0.4 is 0 Å². The minimum absolute atomic E-state index is 0.204. The summed E-state index contributed by atoms with van der Waals surface area (Å²) in [6.07, 6.45) is -6.60. The maximum atomic E-state index is 11.9.